The highest BCUT2D eigenvalue weighted by molar-refractivity contribution is 6.34. The molecule has 1 amide bonds. The number of aryl methyl sites for hydroxylation is 2. The van der Waals surface area contributed by atoms with Gasteiger partial charge in [-0.15, -0.1) is 0 Å². The summed E-state index contributed by atoms with van der Waals surface area (Å²) >= 11 is 0. The van der Waals surface area contributed by atoms with Crippen LogP contribution in [-0.4, -0.2) is 15.9 Å². The molecular formula is C29H27N3O. The average molecular weight is 434 g/mol. The second kappa shape index (κ2) is 8.04. The quantitative estimate of drug-likeness (QED) is 0.383. The molecule has 0 unspecified atom stereocenters. The first-order valence-corrected chi connectivity index (χ1v) is 11.9. The molecule has 2 aromatic carbocycles. The molecular weight excluding hydrogens is 406 g/mol. The van der Waals surface area contributed by atoms with E-state index in [1.165, 1.54) is 46.0 Å². The molecule has 3 heterocycles. The maximum Gasteiger partial charge on any atom is 0.256 e. The van der Waals surface area contributed by atoms with E-state index in [4.69, 9.17) is 4.98 Å². The summed E-state index contributed by atoms with van der Waals surface area (Å²) in [6, 6.07) is 16.8. The molecule has 0 saturated carbocycles. The summed E-state index contributed by atoms with van der Waals surface area (Å²) in [4.78, 5) is 21.4. The van der Waals surface area contributed by atoms with Crippen LogP contribution in [0.5, 0.6) is 0 Å². The Morgan fingerprint density at radius 1 is 1.06 bits per heavy atom. The fourth-order valence-corrected chi connectivity index (χ4v) is 5.34. The lowest BCUT2D eigenvalue weighted by atomic mass is 9.91. The monoisotopic (exact) mass is 433 g/mol. The zero-order chi connectivity index (χ0) is 22.4. The average Bonchev–Trinajstić information content (AvgIpc) is 3.36. The van der Waals surface area contributed by atoms with E-state index in [1.807, 2.05) is 12.3 Å². The van der Waals surface area contributed by atoms with E-state index >= 15 is 0 Å². The molecule has 1 aliphatic carbocycles. The SMILES string of the molecule is CCc1ccc2c(c1)C(=Cc1[nH]c3c(c1Cc1nccc4ccccc14)CCCC3)C(=O)N2. The molecule has 33 heavy (non-hydrogen) atoms. The number of carbonyl (C=O) groups is 1. The summed E-state index contributed by atoms with van der Waals surface area (Å²) in [6.07, 6.45) is 10.2. The zero-order valence-electron chi connectivity index (χ0n) is 18.9. The van der Waals surface area contributed by atoms with Crippen molar-refractivity contribution in [1.29, 1.82) is 0 Å². The van der Waals surface area contributed by atoms with Gasteiger partial charge in [0, 0.05) is 40.6 Å². The van der Waals surface area contributed by atoms with Gasteiger partial charge < -0.3 is 10.3 Å². The van der Waals surface area contributed by atoms with Crippen LogP contribution in [0.3, 0.4) is 0 Å². The number of nitrogens with zero attached hydrogens (tertiary/aromatic N) is 1. The van der Waals surface area contributed by atoms with Gasteiger partial charge in [0.25, 0.3) is 5.91 Å². The summed E-state index contributed by atoms with van der Waals surface area (Å²) in [5.74, 6) is -0.0277. The molecule has 2 aliphatic rings. The molecule has 164 valence electrons. The van der Waals surface area contributed by atoms with E-state index in [0.29, 0.717) is 0 Å². The van der Waals surface area contributed by atoms with E-state index in [-0.39, 0.29) is 5.91 Å². The number of hydrogen-bond acceptors (Lipinski definition) is 2. The fraction of sp³-hybridized carbons (Fsp3) is 0.241. The normalized spacial score (nSPS) is 16.2. The van der Waals surface area contributed by atoms with E-state index in [0.717, 1.165) is 53.9 Å². The van der Waals surface area contributed by atoms with Crippen LogP contribution in [0.4, 0.5) is 5.69 Å². The number of anilines is 1. The number of hydrogen-bond donors (Lipinski definition) is 2. The number of aromatic amines is 1. The Morgan fingerprint density at radius 3 is 2.85 bits per heavy atom. The molecule has 0 fully saturated rings. The number of fused-ring (bicyclic) bond motifs is 3. The van der Waals surface area contributed by atoms with Gasteiger partial charge >= 0.3 is 0 Å². The van der Waals surface area contributed by atoms with Crippen molar-refractivity contribution < 1.29 is 4.79 Å². The molecule has 0 atom stereocenters. The van der Waals surface area contributed by atoms with Crippen molar-refractivity contribution in [3.8, 4) is 0 Å². The summed E-state index contributed by atoms with van der Waals surface area (Å²) in [5, 5.41) is 5.45. The molecule has 1 aliphatic heterocycles. The standard InChI is InChI=1S/C29H27N3O/c1-2-18-11-12-26-22(15-18)24(29(33)32-26)17-28-23(21-9-5-6-10-25(21)31-28)16-27-20-8-4-3-7-19(20)13-14-30-27/h3-4,7-8,11-15,17,31H,2,5-6,9-10,16H2,1H3,(H,32,33). The minimum absolute atomic E-state index is 0.0277. The number of benzene rings is 2. The Labute approximate surface area is 193 Å². The van der Waals surface area contributed by atoms with Crippen molar-refractivity contribution in [2.24, 2.45) is 0 Å². The van der Waals surface area contributed by atoms with Crippen molar-refractivity contribution in [2.75, 3.05) is 5.32 Å². The Hall–Kier alpha value is -3.66. The number of aromatic nitrogens is 2. The molecule has 4 nitrogen and oxygen atoms in total. The van der Waals surface area contributed by atoms with E-state index < -0.39 is 0 Å². The Bertz CT molecular complexity index is 1420. The number of H-pyrrole nitrogens is 1. The number of carbonyl (C=O) groups excluding carboxylic acids is 1. The number of amides is 1. The minimum Gasteiger partial charge on any atom is -0.358 e. The molecule has 2 N–H and O–H groups in total. The first-order valence-electron chi connectivity index (χ1n) is 11.9. The lowest BCUT2D eigenvalue weighted by Gasteiger charge is -2.13. The van der Waals surface area contributed by atoms with Gasteiger partial charge in [-0.05, 0) is 78.5 Å². The van der Waals surface area contributed by atoms with Gasteiger partial charge in [-0.1, -0.05) is 37.3 Å². The summed E-state index contributed by atoms with van der Waals surface area (Å²) in [6.45, 7) is 2.14. The second-order valence-corrected chi connectivity index (χ2v) is 9.08. The lowest BCUT2D eigenvalue weighted by Crippen LogP contribution is -2.04. The largest absolute Gasteiger partial charge is 0.358 e. The highest BCUT2D eigenvalue weighted by atomic mass is 16.2. The molecule has 0 bridgehead atoms. The predicted molar refractivity (Wildman–Crippen MR) is 134 cm³/mol. The summed E-state index contributed by atoms with van der Waals surface area (Å²) in [5.41, 5.74) is 10.1. The maximum atomic E-state index is 12.9. The zero-order valence-corrected chi connectivity index (χ0v) is 18.9. The maximum absolute atomic E-state index is 12.9. The van der Waals surface area contributed by atoms with Gasteiger partial charge in [0.05, 0.1) is 11.3 Å². The highest BCUT2D eigenvalue weighted by Gasteiger charge is 2.26. The molecule has 0 saturated heterocycles. The Kier molecular flexibility index (Phi) is 4.87. The van der Waals surface area contributed by atoms with Crippen molar-refractivity contribution in [3.05, 3.63) is 94.1 Å². The van der Waals surface area contributed by atoms with Crippen molar-refractivity contribution in [2.45, 2.75) is 45.4 Å². The van der Waals surface area contributed by atoms with Gasteiger partial charge in [0.15, 0.2) is 0 Å². The lowest BCUT2D eigenvalue weighted by molar-refractivity contribution is -0.110. The third-order valence-corrected chi connectivity index (χ3v) is 7.11. The Morgan fingerprint density at radius 2 is 1.94 bits per heavy atom. The topological polar surface area (TPSA) is 57.8 Å². The van der Waals surface area contributed by atoms with Gasteiger partial charge in [0.2, 0.25) is 0 Å². The van der Waals surface area contributed by atoms with Crippen LogP contribution in [0.2, 0.25) is 0 Å². The number of nitrogens with one attached hydrogen (secondary N) is 2. The van der Waals surface area contributed by atoms with Crippen LogP contribution < -0.4 is 5.32 Å². The van der Waals surface area contributed by atoms with Crippen LogP contribution in [0.1, 0.15) is 59.1 Å². The Balaban J connectivity index is 1.49. The minimum atomic E-state index is -0.0277. The van der Waals surface area contributed by atoms with Crippen LogP contribution in [-0.2, 0) is 30.5 Å². The van der Waals surface area contributed by atoms with Gasteiger partial charge in [-0.25, -0.2) is 0 Å². The summed E-state index contributed by atoms with van der Waals surface area (Å²) in [7, 11) is 0. The van der Waals surface area contributed by atoms with Crippen molar-refractivity contribution >= 4 is 34.0 Å². The van der Waals surface area contributed by atoms with Gasteiger partial charge in [-0.3, -0.25) is 9.78 Å². The third kappa shape index (κ3) is 3.46. The van der Waals surface area contributed by atoms with Crippen molar-refractivity contribution in [1.82, 2.24) is 9.97 Å². The first-order chi connectivity index (χ1) is 16.2. The molecule has 2 aromatic heterocycles. The van der Waals surface area contributed by atoms with E-state index in [2.05, 4.69) is 65.8 Å². The molecule has 0 radical (unpaired) electrons. The fourth-order valence-electron chi connectivity index (χ4n) is 5.34. The van der Waals surface area contributed by atoms with Gasteiger partial charge in [0.1, 0.15) is 0 Å². The number of rotatable bonds is 4. The van der Waals surface area contributed by atoms with Crippen LogP contribution in [0.25, 0.3) is 22.4 Å². The third-order valence-electron chi connectivity index (χ3n) is 7.11. The molecule has 4 heteroatoms. The van der Waals surface area contributed by atoms with Crippen LogP contribution in [0.15, 0.2) is 54.7 Å². The molecule has 0 spiro atoms. The first kappa shape index (κ1) is 20.0. The van der Waals surface area contributed by atoms with E-state index in [1.54, 1.807) is 0 Å². The van der Waals surface area contributed by atoms with Crippen LogP contribution in [0, 0.1) is 0 Å². The molecule has 6 rings (SSSR count). The van der Waals surface area contributed by atoms with Crippen molar-refractivity contribution in [3.63, 3.8) is 0 Å². The smallest absolute Gasteiger partial charge is 0.256 e. The summed E-state index contributed by atoms with van der Waals surface area (Å²) < 4.78 is 0. The van der Waals surface area contributed by atoms with Gasteiger partial charge in [-0.2, -0.15) is 0 Å². The predicted octanol–water partition coefficient (Wildman–Crippen LogP) is 6.09. The molecule has 4 aromatic rings. The second-order valence-electron chi connectivity index (χ2n) is 9.08. The highest BCUT2D eigenvalue weighted by Crippen LogP contribution is 2.37. The number of pyridine rings is 1. The van der Waals surface area contributed by atoms with E-state index in [9.17, 15) is 4.79 Å². The van der Waals surface area contributed by atoms with Crippen LogP contribution >= 0.6 is 0 Å².